The third-order valence-electron chi connectivity index (χ3n) is 3.52. The number of aryl methyl sites for hydroxylation is 1. The number of nitrogens with two attached hydrogens (primary N) is 1. The van der Waals surface area contributed by atoms with Crippen LogP contribution in [0.3, 0.4) is 0 Å². The van der Waals surface area contributed by atoms with Crippen LogP contribution < -0.4 is 15.4 Å². The fraction of sp³-hybridized carbons (Fsp3) is 0.294. The van der Waals surface area contributed by atoms with Gasteiger partial charge in [-0.15, -0.1) is 0 Å². The first-order chi connectivity index (χ1) is 10.6. The number of anilines is 2. The molecule has 22 heavy (non-hydrogen) atoms. The number of rotatable bonds is 2. The highest BCUT2D eigenvalue weighted by molar-refractivity contribution is 5.65. The first kappa shape index (κ1) is 16.2. The van der Waals surface area contributed by atoms with Crippen LogP contribution in [-0.4, -0.2) is 20.7 Å². The van der Waals surface area contributed by atoms with Crippen LogP contribution in [0.25, 0.3) is 0 Å². The topological polar surface area (TPSA) is 38.5 Å². The molecule has 3 rings (SSSR count). The van der Waals surface area contributed by atoms with Gasteiger partial charge >= 0.3 is 0 Å². The average Bonchev–Trinajstić information content (AvgIpc) is 2.54. The van der Waals surface area contributed by atoms with E-state index in [1.807, 2.05) is 18.2 Å². The summed E-state index contributed by atoms with van der Waals surface area (Å²) in [7, 11) is 3.28. The molecule has 0 aromatic heterocycles. The molecule has 0 amide bonds. The smallest absolute Gasteiger partial charge is 0.128 e. The lowest BCUT2D eigenvalue weighted by Gasteiger charge is -2.23. The van der Waals surface area contributed by atoms with E-state index in [0.29, 0.717) is 5.69 Å². The van der Waals surface area contributed by atoms with Crippen molar-refractivity contribution in [1.29, 1.82) is 0 Å². The highest BCUT2D eigenvalue weighted by Crippen LogP contribution is 2.32. The monoisotopic (exact) mass is 306 g/mol. The van der Waals surface area contributed by atoms with Crippen LogP contribution >= 0.6 is 0 Å². The lowest BCUT2D eigenvalue weighted by molar-refractivity contribution is 0.288. The molecule has 1 heterocycles. The van der Waals surface area contributed by atoms with Crippen LogP contribution in [0.15, 0.2) is 36.4 Å². The highest BCUT2D eigenvalue weighted by atomic mass is 19.1. The van der Waals surface area contributed by atoms with Crippen molar-refractivity contribution in [2.45, 2.75) is 12.8 Å². The Labute approximate surface area is 129 Å². The second-order valence-corrected chi connectivity index (χ2v) is 4.93. The highest BCUT2D eigenvalue weighted by Gasteiger charge is 2.13. The van der Waals surface area contributed by atoms with Crippen molar-refractivity contribution in [1.82, 2.24) is 0 Å². The van der Waals surface area contributed by atoms with Gasteiger partial charge < -0.3 is 15.4 Å². The molecule has 3 nitrogen and oxygen atoms in total. The second-order valence-electron chi connectivity index (χ2n) is 4.93. The zero-order valence-electron chi connectivity index (χ0n) is 12.8. The molecule has 2 aromatic carbocycles. The van der Waals surface area contributed by atoms with E-state index >= 15 is 0 Å². The summed E-state index contributed by atoms with van der Waals surface area (Å²) in [5, 5.41) is 0. The second kappa shape index (κ2) is 7.22. The van der Waals surface area contributed by atoms with Crippen LogP contribution in [0.2, 0.25) is 0 Å². The maximum atomic E-state index is 13.3. The van der Waals surface area contributed by atoms with Gasteiger partial charge in [0.05, 0.1) is 6.61 Å². The van der Waals surface area contributed by atoms with E-state index in [1.165, 1.54) is 24.7 Å². The summed E-state index contributed by atoms with van der Waals surface area (Å²) in [5.41, 5.74) is 6.99. The molecule has 0 saturated carbocycles. The van der Waals surface area contributed by atoms with Crippen molar-refractivity contribution >= 4 is 11.4 Å². The minimum absolute atomic E-state index is 0.471. The molecule has 2 aromatic rings. The Bertz CT molecular complexity index is 626. The van der Waals surface area contributed by atoms with Gasteiger partial charge in [0.1, 0.15) is 17.4 Å². The summed E-state index contributed by atoms with van der Waals surface area (Å²) >= 11 is 0. The maximum absolute atomic E-state index is 13.3. The third-order valence-corrected chi connectivity index (χ3v) is 3.52. The summed E-state index contributed by atoms with van der Waals surface area (Å²) in [4.78, 5) is 1.74. The minimum atomic E-state index is -0.582. The van der Waals surface area contributed by atoms with Crippen molar-refractivity contribution < 1.29 is 13.5 Å². The van der Waals surface area contributed by atoms with E-state index < -0.39 is 11.6 Å². The molecule has 0 saturated heterocycles. The van der Waals surface area contributed by atoms with Crippen molar-refractivity contribution in [3.8, 4) is 5.75 Å². The van der Waals surface area contributed by atoms with Gasteiger partial charge in [-0.3, -0.25) is 0 Å². The molecule has 0 fully saturated rings. The van der Waals surface area contributed by atoms with E-state index in [4.69, 9.17) is 4.74 Å². The quantitative estimate of drug-likeness (QED) is 0.920. The molecule has 0 bridgehead atoms. The summed E-state index contributed by atoms with van der Waals surface area (Å²) < 4.78 is 32.2. The van der Waals surface area contributed by atoms with Gasteiger partial charge in [-0.1, -0.05) is 6.07 Å². The SMILES string of the molecule is CN.CN(c1cc(F)cc(F)c1)c1ccc2c(c1)OCCC2. The first-order valence-electron chi connectivity index (χ1n) is 7.17. The van der Waals surface area contributed by atoms with Crippen LogP contribution in [0.5, 0.6) is 5.75 Å². The Morgan fingerprint density at radius 2 is 1.68 bits per heavy atom. The standard InChI is InChI=1S/C16H15F2NO.CH5N/c1-19(15-8-12(17)7-13(18)9-15)14-5-4-11-3-2-6-20-16(11)10-14;1-2/h4-5,7-10H,2-3,6H2,1H3;2H2,1H3. The van der Waals surface area contributed by atoms with E-state index in [2.05, 4.69) is 5.73 Å². The summed E-state index contributed by atoms with van der Waals surface area (Å²) in [6.07, 6.45) is 2.03. The average molecular weight is 306 g/mol. The Hall–Kier alpha value is -2.14. The number of ether oxygens (including phenoxy) is 1. The number of nitrogens with zero attached hydrogens (tertiary/aromatic N) is 1. The Morgan fingerprint density at radius 1 is 1.00 bits per heavy atom. The predicted octanol–water partition coefficient (Wildman–Crippen LogP) is 3.63. The van der Waals surface area contributed by atoms with Crippen molar-refractivity contribution in [2.75, 3.05) is 25.6 Å². The Kier molecular flexibility index (Phi) is 5.33. The van der Waals surface area contributed by atoms with Crippen LogP contribution in [0.4, 0.5) is 20.2 Å². The van der Waals surface area contributed by atoms with Gasteiger partial charge in [0.25, 0.3) is 0 Å². The zero-order chi connectivity index (χ0) is 16.1. The lowest BCUT2D eigenvalue weighted by Crippen LogP contribution is -2.13. The van der Waals surface area contributed by atoms with Crippen LogP contribution in [0, 0.1) is 11.6 Å². The molecule has 0 unspecified atom stereocenters. The molecular weight excluding hydrogens is 286 g/mol. The molecule has 0 spiro atoms. The number of hydrogen-bond acceptors (Lipinski definition) is 3. The summed E-state index contributed by atoms with van der Waals surface area (Å²) in [5.74, 6) is -0.306. The van der Waals surface area contributed by atoms with Gasteiger partial charge in [-0.2, -0.15) is 0 Å². The largest absolute Gasteiger partial charge is 0.493 e. The number of fused-ring (bicyclic) bond motifs is 1. The van der Waals surface area contributed by atoms with Gasteiger partial charge in [-0.25, -0.2) is 8.78 Å². The van der Waals surface area contributed by atoms with Crippen LogP contribution in [-0.2, 0) is 6.42 Å². The predicted molar refractivity (Wildman–Crippen MR) is 84.8 cm³/mol. The minimum Gasteiger partial charge on any atom is -0.493 e. The fourth-order valence-electron chi connectivity index (χ4n) is 2.42. The van der Waals surface area contributed by atoms with E-state index in [-0.39, 0.29) is 0 Å². The third kappa shape index (κ3) is 3.54. The molecule has 118 valence electrons. The number of hydrogen-bond donors (Lipinski definition) is 1. The molecule has 5 heteroatoms. The molecular formula is C17H20F2N2O. The zero-order valence-corrected chi connectivity index (χ0v) is 12.8. The van der Waals surface area contributed by atoms with Gasteiger partial charge in [0.15, 0.2) is 0 Å². The van der Waals surface area contributed by atoms with E-state index in [0.717, 1.165) is 37.0 Å². The number of benzene rings is 2. The van der Waals surface area contributed by atoms with Crippen molar-refractivity contribution in [2.24, 2.45) is 5.73 Å². The van der Waals surface area contributed by atoms with Gasteiger partial charge in [-0.05, 0) is 43.7 Å². The molecule has 1 aliphatic rings. The van der Waals surface area contributed by atoms with Crippen molar-refractivity contribution in [3.05, 3.63) is 53.6 Å². The molecule has 2 N–H and O–H groups in total. The molecule has 0 aliphatic carbocycles. The number of halogens is 2. The first-order valence-corrected chi connectivity index (χ1v) is 7.17. The Balaban J connectivity index is 0.000000847. The molecule has 0 radical (unpaired) electrons. The molecule has 1 aliphatic heterocycles. The summed E-state index contributed by atoms with van der Waals surface area (Å²) in [6, 6.07) is 9.35. The lowest BCUT2D eigenvalue weighted by atomic mass is 10.1. The van der Waals surface area contributed by atoms with E-state index in [9.17, 15) is 8.78 Å². The van der Waals surface area contributed by atoms with E-state index in [1.54, 1.807) is 11.9 Å². The fourth-order valence-corrected chi connectivity index (χ4v) is 2.42. The van der Waals surface area contributed by atoms with Gasteiger partial charge in [0, 0.05) is 30.6 Å². The molecule has 0 atom stereocenters. The normalized spacial score (nSPS) is 12.6. The summed E-state index contributed by atoms with van der Waals surface area (Å²) in [6.45, 7) is 0.717. The maximum Gasteiger partial charge on any atom is 0.128 e. The van der Waals surface area contributed by atoms with Gasteiger partial charge in [0.2, 0.25) is 0 Å². The van der Waals surface area contributed by atoms with Crippen LogP contribution in [0.1, 0.15) is 12.0 Å². The Morgan fingerprint density at radius 3 is 2.36 bits per heavy atom. The van der Waals surface area contributed by atoms with Crippen molar-refractivity contribution in [3.63, 3.8) is 0 Å².